The predicted octanol–water partition coefficient (Wildman–Crippen LogP) is 3.08. The third kappa shape index (κ3) is 3.48. The summed E-state index contributed by atoms with van der Waals surface area (Å²) in [5.41, 5.74) is 0.412. The molecule has 28 heavy (non-hydrogen) atoms. The van der Waals surface area contributed by atoms with Gasteiger partial charge >= 0.3 is 6.01 Å². The highest BCUT2D eigenvalue weighted by molar-refractivity contribution is 5.82. The van der Waals surface area contributed by atoms with Gasteiger partial charge in [-0.1, -0.05) is 12.0 Å². The first-order chi connectivity index (χ1) is 13.4. The summed E-state index contributed by atoms with van der Waals surface area (Å²) in [5.74, 6) is -1.16. The van der Waals surface area contributed by atoms with Crippen LogP contribution in [0.15, 0.2) is 27.7 Å². The number of halogens is 2. The molecule has 3 atom stereocenters. The molecule has 148 valence electrons. The lowest BCUT2D eigenvalue weighted by Crippen LogP contribution is -2.46. The lowest BCUT2D eigenvalue weighted by atomic mass is 9.85. The largest absolute Gasteiger partial charge is 0.408 e. The number of hydrazone groups is 1. The molecule has 0 N–H and O–H groups in total. The molecule has 1 aromatic carbocycles. The summed E-state index contributed by atoms with van der Waals surface area (Å²) in [6, 6.07) is 3.31. The number of rotatable bonds is 3. The normalized spacial score (nSPS) is 24.8. The zero-order valence-electron chi connectivity index (χ0n) is 15.7. The third-order valence-corrected chi connectivity index (χ3v) is 5.33. The number of hydrogen-bond donors (Lipinski definition) is 0. The van der Waals surface area contributed by atoms with Gasteiger partial charge in [-0.15, -0.1) is 5.10 Å². The highest BCUT2D eigenvalue weighted by atomic mass is 19.1. The summed E-state index contributed by atoms with van der Waals surface area (Å²) in [7, 11) is 0. The van der Waals surface area contributed by atoms with Crippen molar-refractivity contribution < 1.29 is 18.0 Å². The molecule has 1 fully saturated rings. The molecule has 7 nitrogen and oxygen atoms in total. The van der Waals surface area contributed by atoms with Crippen molar-refractivity contribution in [3.63, 3.8) is 0 Å². The molecular formula is C19H21F2N5O2. The smallest absolute Gasteiger partial charge is 0.318 e. The molecule has 3 heterocycles. The first-order valence-electron chi connectivity index (χ1n) is 9.29. The summed E-state index contributed by atoms with van der Waals surface area (Å²) in [4.78, 5) is 15.1. The quantitative estimate of drug-likeness (QED) is 0.807. The second kappa shape index (κ2) is 7.29. The van der Waals surface area contributed by atoms with Crippen molar-refractivity contribution in [3.05, 3.63) is 41.3 Å². The van der Waals surface area contributed by atoms with E-state index >= 15 is 0 Å². The van der Waals surface area contributed by atoms with Gasteiger partial charge in [-0.2, -0.15) is 5.10 Å². The van der Waals surface area contributed by atoms with E-state index in [1.165, 1.54) is 17.1 Å². The summed E-state index contributed by atoms with van der Waals surface area (Å²) < 4.78 is 32.7. The van der Waals surface area contributed by atoms with E-state index in [0.717, 1.165) is 6.07 Å². The Morgan fingerprint density at radius 1 is 1.21 bits per heavy atom. The molecule has 1 saturated heterocycles. The highest BCUT2D eigenvalue weighted by Crippen LogP contribution is 2.34. The van der Waals surface area contributed by atoms with Gasteiger partial charge in [0.15, 0.2) is 0 Å². The van der Waals surface area contributed by atoms with Crippen LogP contribution in [0.2, 0.25) is 0 Å². The fraction of sp³-hybridized carbons (Fsp3) is 0.474. The van der Waals surface area contributed by atoms with Crippen LogP contribution in [0.25, 0.3) is 0 Å². The first-order valence-corrected chi connectivity index (χ1v) is 9.29. The van der Waals surface area contributed by atoms with E-state index in [2.05, 4.69) is 15.3 Å². The number of carbonyl (C=O) groups is 1. The Labute approximate surface area is 161 Å². The number of anilines is 1. The van der Waals surface area contributed by atoms with Crippen LogP contribution < -0.4 is 4.90 Å². The first kappa shape index (κ1) is 18.5. The zero-order valence-corrected chi connectivity index (χ0v) is 15.7. The van der Waals surface area contributed by atoms with Gasteiger partial charge in [0.05, 0.1) is 6.04 Å². The molecule has 0 aliphatic carbocycles. The van der Waals surface area contributed by atoms with E-state index in [9.17, 15) is 13.6 Å². The monoisotopic (exact) mass is 389 g/mol. The molecule has 2 aliphatic rings. The number of nitrogens with zero attached hydrogens (tertiary/aromatic N) is 5. The molecule has 0 spiro atoms. The van der Waals surface area contributed by atoms with Crippen molar-refractivity contribution in [2.75, 3.05) is 18.0 Å². The summed E-state index contributed by atoms with van der Waals surface area (Å²) in [6.45, 7) is 4.94. The Hall–Kier alpha value is -2.84. The minimum Gasteiger partial charge on any atom is -0.408 e. The third-order valence-electron chi connectivity index (χ3n) is 5.33. The molecule has 0 radical (unpaired) electrons. The van der Waals surface area contributed by atoms with E-state index in [0.29, 0.717) is 43.4 Å². The van der Waals surface area contributed by atoms with E-state index in [1.807, 2.05) is 11.8 Å². The molecule has 1 amide bonds. The van der Waals surface area contributed by atoms with Gasteiger partial charge in [0.25, 0.3) is 0 Å². The van der Waals surface area contributed by atoms with Gasteiger partial charge in [0, 0.05) is 44.6 Å². The van der Waals surface area contributed by atoms with Crippen molar-refractivity contribution in [1.29, 1.82) is 0 Å². The SMILES string of the molecule is Cc1nnc(N2CCC(C(=O)N3N=CCC3c3cc(F)cc(F)c3)[C@H](C)C2)o1. The molecule has 1 aromatic heterocycles. The Bertz CT molecular complexity index is 895. The molecule has 9 heteroatoms. The van der Waals surface area contributed by atoms with E-state index in [4.69, 9.17) is 4.42 Å². The van der Waals surface area contributed by atoms with Crippen LogP contribution in [-0.4, -0.2) is 40.4 Å². The van der Waals surface area contributed by atoms with Crippen molar-refractivity contribution in [1.82, 2.24) is 15.2 Å². The second-order valence-electron chi connectivity index (χ2n) is 7.36. The summed E-state index contributed by atoms with van der Waals surface area (Å²) in [6.07, 6.45) is 2.66. The van der Waals surface area contributed by atoms with E-state index < -0.39 is 17.7 Å². The van der Waals surface area contributed by atoms with E-state index in [-0.39, 0.29) is 17.7 Å². The molecule has 2 aliphatic heterocycles. The van der Waals surface area contributed by atoms with Gasteiger partial charge in [-0.25, -0.2) is 13.8 Å². The fourth-order valence-electron chi connectivity index (χ4n) is 3.94. The zero-order chi connectivity index (χ0) is 19.8. The summed E-state index contributed by atoms with van der Waals surface area (Å²) in [5, 5.41) is 13.5. The number of piperidine rings is 1. The number of aromatic nitrogens is 2. The average molecular weight is 389 g/mol. The second-order valence-corrected chi connectivity index (χ2v) is 7.36. The molecule has 2 unspecified atom stereocenters. The maximum atomic E-state index is 13.6. The number of hydrogen-bond acceptors (Lipinski definition) is 6. The van der Waals surface area contributed by atoms with Crippen LogP contribution in [0.1, 0.15) is 37.3 Å². The van der Waals surface area contributed by atoms with Crippen molar-refractivity contribution in [3.8, 4) is 0 Å². The molecule has 0 saturated carbocycles. The number of carbonyl (C=O) groups excluding carboxylic acids is 1. The fourth-order valence-corrected chi connectivity index (χ4v) is 3.94. The van der Waals surface area contributed by atoms with Crippen LogP contribution >= 0.6 is 0 Å². The standard InChI is InChI=1S/C19H21F2N5O2/c1-11-10-25(19-24-23-12(2)28-19)6-4-16(11)18(27)26-17(3-5-22-26)13-7-14(20)9-15(21)8-13/h5,7-9,11,16-17H,3-4,6,10H2,1-2H3/t11-,16?,17?/m1/s1. The minimum absolute atomic E-state index is 0.0363. The average Bonchev–Trinajstić information content (AvgIpc) is 3.29. The van der Waals surface area contributed by atoms with Crippen LogP contribution in [0, 0.1) is 30.4 Å². The maximum Gasteiger partial charge on any atom is 0.318 e. The Morgan fingerprint density at radius 3 is 2.61 bits per heavy atom. The number of benzene rings is 1. The molecule has 4 rings (SSSR count). The van der Waals surface area contributed by atoms with Crippen molar-refractivity contribution in [2.24, 2.45) is 16.9 Å². The minimum atomic E-state index is -0.661. The number of amides is 1. The predicted molar refractivity (Wildman–Crippen MR) is 97.6 cm³/mol. The van der Waals surface area contributed by atoms with Crippen molar-refractivity contribution in [2.45, 2.75) is 32.7 Å². The van der Waals surface area contributed by atoms with Crippen LogP contribution in [0.4, 0.5) is 14.8 Å². The van der Waals surface area contributed by atoms with Crippen LogP contribution in [-0.2, 0) is 4.79 Å². The van der Waals surface area contributed by atoms with Gasteiger partial charge in [0.2, 0.25) is 11.8 Å². The Kier molecular flexibility index (Phi) is 4.82. The number of aryl methyl sites for hydroxylation is 1. The summed E-state index contributed by atoms with van der Waals surface area (Å²) >= 11 is 0. The topological polar surface area (TPSA) is 74.8 Å². The van der Waals surface area contributed by atoms with E-state index in [1.54, 1.807) is 13.1 Å². The Morgan fingerprint density at radius 2 is 1.96 bits per heavy atom. The molecule has 2 aromatic rings. The van der Waals surface area contributed by atoms with Crippen LogP contribution in [0.5, 0.6) is 0 Å². The van der Waals surface area contributed by atoms with Gasteiger partial charge in [-0.05, 0) is 30.0 Å². The van der Waals surface area contributed by atoms with Gasteiger partial charge in [0.1, 0.15) is 11.6 Å². The maximum absolute atomic E-state index is 13.6. The molecular weight excluding hydrogens is 368 g/mol. The van der Waals surface area contributed by atoms with Gasteiger partial charge < -0.3 is 9.32 Å². The highest BCUT2D eigenvalue weighted by Gasteiger charge is 2.39. The lowest BCUT2D eigenvalue weighted by Gasteiger charge is -2.37. The lowest BCUT2D eigenvalue weighted by molar-refractivity contribution is -0.139. The van der Waals surface area contributed by atoms with Crippen LogP contribution in [0.3, 0.4) is 0 Å². The van der Waals surface area contributed by atoms with Crippen molar-refractivity contribution >= 4 is 18.1 Å². The van der Waals surface area contributed by atoms with Gasteiger partial charge in [-0.3, -0.25) is 4.79 Å². The Balaban J connectivity index is 1.48. The molecule has 0 bridgehead atoms.